The van der Waals surface area contributed by atoms with Gasteiger partial charge in [-0.2, -0.15) is 0 Å². The number of aromatic nitrogens is 2. The monoisotopic (exact) mass is 603 g/mol. The minimum Gasteiger partial charge on any atom is -0.312 e. The Morgan fingerprint density at radius 3 is 2.26 bits per heavy atom. The first-order valence-corrected chi connectivity index (χ1v) is 16.4. The molecule has 3 nitrogen and oxygen atoms in total. The molecule has 3 heterocycles. The third kappa shape index (κ3) is 4.10. The molecule has 0 N–H and O–H groups in total. The van der Waals surface area contributed by atoms with E-state index in [1.807, 2.05) is 12.3 Å². The smallest absolute Gasteiger partial charge is 0.0624 e. The molecule has 0 aliphatic carbocycles. The molecule has 0 aliphatic heterocycles. The number of aryl methyl sites for hydroxylation is 1. The van der Waals surface area contributed by atoms with Crippen molar-refractivity contribution in [2.75, 3.05) is 4.90 Å². The standard InChI is InChI=1S/C44H33N3/c1-3-13-39-34(4-2)37-26-31-21-20-30-22-23-33(27-36(30)42(31)43-38-28-45-25-24-41(38)47(39)44(37)43)46(32-16-9-6-10-17-32)40-19-12-11-18-35(40)29-14-7-5-8-15-29/h4-12,14-28H,2-3,13H2,1H3. The lowest BCUT2D eigenvalue weighted by Crippen LogP contribution is -2.11. The molecule has 9 rings (SSSR count). The van der Waals surface area contributed by atoms with Gasteiger partial charge in [0.2, 0.25) is 0 Å². The number of anilines is 3. The lowest BCUT2D eigenvalue weighted by molar-refractivity contribution is 0.877. The van der Waals surface area contributed by atoms with Crippen LogP contribution in [0, 0.1) is 0 Å². The number of rotatable bonds is 7. The predicted octanol–water partition coefficient (Wildman–Crippen LogP) is 12.1. The van der Waals surface area contributed by atoms with Crippen LogP contribution in [0.25, 0.3) is 65.9 Å². The maximum atomic E-state index is 4.63. The van der Waals surface area contributed by atoms with Crippen LogP contribution in [0.4, 0.5) is 17.1 Å². The highest BCUT2D eigenvalue weighted by Crippen LogP contribution is 2.46. The van der Waals surface area contributed by atoms with Crippen LogP contribution in [0.3, 0.4) is 0 Å². The van der Waals surface area contributed by atoms with E-state index in [0.717, 1.165) is 29.9 Å². The summed E-state index contributed by atoms with van der Waals surface area (Å²) < 4.78 is 2.48. The van der Waals surface area contributed by atoms with E-state index in [0.29, 0.717) is 0 Å². The molecule has 0 spiro atoms. The van der Waals surface area contributed by atoms with Crippen LogP contribution >= 0.6 is 0 Å². The van der Waals surface area contributed by atoms with E-state index in [9.17, 15) is 0 Å². The van der Waals surface area contributed by atoms with Crippen LogP contribution in [-0.2, 0) is 6.42 Å². The van der Waals surface area contributed by atoms with Gasteiger partial charge in [0.1, 0.15) is 0 Å². The molecule has 9 aromatic rings. The predicted molar refractivity (Wildman–Crippen MR) is 201 cm³/mol. The molecule has 3 heteroatoms. The van der Waals surface area contributed by atoms with Crippen molar-refractivity contribution in [2.45, 2.75) is 19.8 Å². The van der Waals surface area contributed by atoms with Gasteiger partial charge in [0.05, 0.1) is 16.7 Å². The molecule has 3 aromatic heterocycles. The summed E-state index contributed by atoms with van der Waals surface area (Å²) in [7, 11) is 0. The van der Waals surface area contributed by atoms with Crippen LogP contribution in [-0.4, -0.2) is 9.38 Å². The van der Waals surface area contributed by atoms with Gasteiger partial charge in [0.15, 0.2) is 0 Å². The third-order valence-corrected chi connectivity index (χ3v) is 9.68. The van der Waals surface area contributed by atoms with Crippen molar-refractivity contribution in [1.82, 2.24) is 9.38 Å². The van der Waals surface area contributed by atoms with E-state index in [1.54, 1.807) is 0 Å². The number of hydrogen-bond donors (Lipinski definition) is 0. The Balaban J connectivity index is 1.39. The third-order valence-electron chi connectivity index (χ3n) is 9.68. The highest BCUT2D eigenvalue weighted by atomic mass is 15.1. The quantitative estimate of drug-likeness (QED) is 0.169. The molecule has 0 bridgehead atoms. The van der Waals surface area contributed by atoms with Crippen molar-refractivity contribution in [3.63, 3.8) is 0 Å². The molecule has 0 saturated carbocycles. The van der Waals surface area contributed by atoms with Crippen LogP contribution in [0.2, 0.25) is 0 Å². The topological polar surface area (TPSA) is 20.5 Å². The van der Waals surface area contributed by atoms with Crippen molar-refractivity contribution in [3.8, 4) is 11.1 Å². The normalized spacial score (nSPS) is 11.8. The molecule has 0 saturated heterocycles. The van der Waals surface area contributed by atoms with Crippen LogP contribution in [0.15, 0.2) is 146 Å². The molecular formula is C44H33N3. The number of benzene rings is 6. The summed E-state index contributed by atoms with van der Waals surface area (Å²) in [5, 5.41) is 8.67. The average Bonchev–Trinajstić information content (AvgIpc) is 3.63. The fourth-order valence-electron chi connectivity index (χ4n) is 7.74. The van der Waals surface area contributed by atoms with Gasteiger partial charge in [-0.3, -0.25) is 4.98 Å². The second-order valence-corrected chi connectivity index (χ2v) is 12.3. The lowest BCUT2D eigenvalue weighted by Gasteiger charge is -2.28. The summed E-state index contributed by atoms with van der Waals surface area (Å²) in [5.41, 5.74) is 10.8. The molecule has 6 aromatic carbocycles. The van der Waals surface area contributed by atoms with Gasteiger partial charge in [-0.15, -0.1) is 0 Å². The molecular weight excluding hydrogens is 571 g/mol. The molecule has 0 amide bonds. The summed E-state index contributed by atoms with van der Waals surface area (Å²) >= 11 is 0. The SMILES string of the molecule is C=Cc1c(CCC)n2c3ccncc3c3c4c(ccc5ccc(N(c6ccccc6)c6ccccc6-c6ccccc6)cc54)cc1c32. The average molecular weight is 604 g/mol. The van der Waals surface area contributed by atoms with Gasteiger partial charge in [-0.1, -0.05) is 111 Å². The highest BCUT2D eigenvalue weighted by molar-refractivity contribution is 6.32. The van der Waals surface area contributed by atoms with Gasteiger partial charge in [0, 0.05) is 56.7 Å². The number of fused-ring (bicyclic) bond motifs is 7. The van der Waals surface area contributed by atoms with E-state index < -0.39 is 0 Å². The molecule has 0 fully saturated rings. The van der Waals surface area contributed by atoms with Gasteiger partial charge in [0.25, 0.3) is 0 Å². The number of hydrogen-bond acceptors (Lipinski definition) is 2. The second kappa shape index (κ2) is 10.9. The van der Waals surface area contributed by atoms with Gasteiger partial charge < -0.3 is 9.30 Å². The molecule has 0 radical (unpaired) electrons. The summed E-state index contributed by atoms with van der Waals surface area (Å²) in [6.07, 6.45) is 8.08. The van der Waals surface area contributed by atoms with Crippen molar-refractivity contribution >= 4 is 71.9 Å². The number of pyridine rings is 1. The summed E-state index contributed by atoms with van der Waals surface area (Å²) in [4.78, 5) is 7.03. The van der Waals surface area contributed by atoms with Crippen LogP contribution in [0.1, 0.15) is 24.6 Å². The number of para-hydroxylation sites is 2. The Hall–Kier alpha value is -5.93. The molecule has 0 atom stereocenters. The van der Waals surface area contributed by atoms with Crippen LogP contribution < -0.4 is 4.90 Å². The van der Waals surface area contributed by atoms with Gasteiger partial charge >= 0.3 is 0 Å². The van der Waals surface area contributed by atoms with E-state index >= 15 is 0 Å². The summed E-state index contributed by atoms with van der Waals surface area (Å²) in [6, 6.07) is 46.1. The van der Waals surface area contributed by atoms with Gasteiger partial charge in [-0.25, -0.2) is 0 Å². The zero-order chi connectivity index (χ0) is 31.5. The van der Waals surface area contributed by atoms with Crippen molar-refractivity contribution in [1.29, 1.82) is 0 Å². The lowest BCUT2D eigenvalue weighted by atomic mass is 9.94. The fraction of sp³-hybridized carbons (Fsp3) is 0.0682. The Labute approximate surface area is 274 Å². The molecule has 0 aliphatic rings. The second-order valence-electron chi connectivity index (χ2n) is 12.3. The maximum Gasteiger partial charge on any atom is 0.0624 e. The molecule has 0 unspecified atom stereocenters. The van der Waals surface area contributed by atoms with Crippen LogP contribution in [0.5, 0.6) is 0 Å². The first kappa shape index (κ1) is 27.4. The zero-order valence-electron chi connectivity index (χ0n) is 26.3. The minimum atomic E-state index is 0.991. The largest absolute Gasteiger partial charge is 0.312 e. The number of nitrogens with zero attached hydrogens (tertiary/aromatic N) is 3. The Bertz CT molecular complexity index is 2600. The van der Waals surface area contributed by atoms with E-state index in [4.69, 9.17) is 0 Å². The maximum absolute atomic E-state index is 4.63. The zero-order valence-corrected chi connectivity index (χ0v) is 26.3. The first-order valence-electron chi connectivity index (χ1n) is 16.4. The summed E-state index contributed by atoms with van der Waals surface area (Å²) in [6.45, 7) is 6.51. The van der Waals surface area contributed by atoms with Gasteiger partial charge in [-0.05, 0) is 76.0 Å². The molecule has 47 heavy (non-hydrogen) atoms. The Morgan fingerprint density at radius 1 is 0.702 bits per heavy atom. The highest BCUT2D eigenvalue weighted by Gasteiger charge is 2.24. The van der Waals surface area contributed by atoms with Crippen molar-refractivity contribution in [3.05, 3.63) is 158 Å². The Kier molecular flexibility index (Phi) is 6.32. The van der Waals surface area contributed by atoms with Crippen molar-refractivity contribution < 1.29 is 0 Å². The van der Waals surface area contributed by atoms with Crippen molar-refractivity contribution in [2.24, 2.45) is 0 Å². The Morgan fingerprint density at radius 2 is 1.45 bits per heavy atom. The first-order chi connectivity index (χ1) is 23.3. The van der Waals surface area contributed by atoms with E-state index in [1.165, 1.54) is 71.1 Å². The summed E-state index contributed by atoms with van der Waals surface area (Å²) in [5.74, 6) is 0. The van der Waals surface area contributed by atoms with E-state index in [2.05, 4.69) is 161 Å². The fourth-order valence-corrected chi connectivity index (χ4v) is 7.74. The molecule has 224 valence electrons. The minimum absolute atomic E-state index is 0.991. The van der Waals surface area contributed by atoms with E-state index in [-0.39, 0.29) is 0 Å².